The Morgan fingerprint density at radius 3 is 1.31 bits per heavy atom. The second kappa shape index (κ2) is 23.4. The van der Waals surface area contributed by atoms with Crippen molar-refractivity contribution in [3.8, 4) is 0 Å². The summed E-state index contributed by atoms with van der Waals surface area (Å²) < 4.78 is 19.4. The summed E-state index contributed by atoms with van der Waals surface area (Å²) >= 11 is 0. The smallest absolute Gasteiger partial charge is 0.313 e. The normalized spacial score (nSPS) is 11.2. The first kappa shape index (κ1) is 46.4. The Morgan fingerprint density at radius 1 is 0.622 bits per heavy atom. The summed E-state index contributed by atoms with van der Waals surface area (Å²) in [6.45, 7) is 22.7. The summed E-state index contributed by atoms with van der Waals surface area (Å²) in [5.74, 6) is -1.30. The fourth-order valence-electron chi connectivity index (χ4n) is 2.14. The van der Waals surface area contributed by atoms with Gasteiger partial charge in [-0.2, -0.15) is 0 Å². The van der Waals surface area contributed by atoms with Crippen LogP contribution in [0.4, 0.5) is 0 Å². The molecule has 0 heterocycles. The van der Waals surface area contributed by atoms with Crippen LogP contribution in [-0.2, 0) is 44.7 Å². The minimum Gasteiger partial charge on any atom is -0.481 e. The van der Waals surface area contributed by atoms with E-state index in [1.807, 2.05) is 99.6 Å². The van der Waals surface area contributed by atoms with Gasteiger partial charge in [0.2, 0.25) is 0 Å². The average Bonchev–Trinajstić information content (AvgIpc) is 3.02. The van der Waals surface area contributed by atoms with Gasteiger partial charge in [0.1, 0.15) is 13.2 Å². The molecule has 2 N–H and O–H groups in total. The molecule has 10 heteroatoms. The highest BCUT2D eigenvalue weighted by Gasteiger charge is 2.28. The number of methoxy groups -OCH3 is 1. The molecule has 0 aliphatic carbocycles. The number of carboxylic acids is 1. The van der Waals surface area contributed by atoms with Crippen molar-refractivity contribution < 1.29 is 48.3 Å². The van der Waals surface area contributed by atoms with Crippen molar-refractivity contribution in [2.45, 2.75) is 115 Å². The third-order valence-electron chi connectivity index (χ3n) is 7.62. The highest BCUT2D eigenvalue weighted by atomic mass is 16.7. The molecule has 0 aliphatic rings. The van der Waals surface area contributed by atoms with Crippen molar-refractivity contribution >= 4 is 23.9 Å². The maximum atomic E-state index is 11.6. The first-order chi connectivity index (χ1) is 20.6. The molecule has 1 aromatic carbocycles. The summed E-state index contributed by atoms with van der Waals surface area (Å²) in [6, 6.07) is 9.72. The van der Waals surface area contributed by atoms with E-state index in [1.54, 1.807) is 13.8 Å². The molecule has 0 saturated carbocycles. The zero-order chi connectivity index (χ0) is 35.9. The van der Waals surface area contributed by atoms with Crippen molar-refractivity contribution in [2.24, 2.45) is 21.7 Å². The number of carbonyl (C=O) groups is 4. The van der Waals surface area contributed by atoms with E-state index in [-0.39, 0.29) is 43.3 Å². The number of carbonyl (C=O) groups excluding carboxylic acids is 3. The van der Waals surface area contributed by atoms with Gasteiger partial charge in [-0.05, 0) is 86.6 Å². The monoisotopic (exact) mass is 642 g/mol. The van der Waals surface area contributed by atoms with Gasteiger partial charge in [0.05, 0.1) is 28.3 Å². The molecule has 0 aromatic heterocycles. The fraction of sp³-hybridized carbons (Fsp3) is 0.714. The number of esters is 3. The van der Waals surface area contributed by atoms with Gasteiger partial charge >= 0.3 is 23.9 Å². The molecular weight excluding hydrogens is 580 g/mol. The van der Waals surface area contributed by atoms with Crippen LogP contribution in [0.15, 0.2) is 30.3 Å². The fourth-order valence-corrected chi connectivity index (χ4v) is 2.14. The van der Waals surface area contributed by atoms with Crippen molar-refractivity contribution in [1.82, 2.24) is 0 Å². The highest BCUT2D eigenvalue weighted by molar-refractivity contribution is 5.76. The molecule has 0 aliphatic heterocycles. The van der Waals surface area contributed by atoms with Crippen molar-refractivity contribution in [2.75, 3.05) is 27.1 Å². The van der Waals surface area contributed by atoms with Gasteiger partial charge in [0.25, 0.3) is 0 Å². The second-order valence-corrected chi connectivity index (χ2v) is 13.0. The number of benzene rings is 1. The van der Waals surface area contributed by atoms with Crippen molar-refractivity contribution in [3.63, 3.8) is 0 Å². The molecule has 0 bridgehead atoms. The van der Waals surface area contributed by atoms with Crippen LogP contribution in [0.1, 0.15) is 114 Å². The number of ether oxygens (including phenoxy) is 4. The Kier molecular flexibility index (Phi) is 24.1. The van der Waals surface area contributed by atoms with E-state index in [1.165, 1.54) is 7.11 Å². The minimum absolute atomic E-state index is 0.0439. The Hall–Kier alpha value is -2.98. The average molecular weight is 643 g/mol. The van der Waals surface area contributed by atoms with Crippen LogP contribution in [-0.4, -0.2) is 61.2 Å². The Morgan fingerprint density at radius 2 is 1.00 bits per heavy atom. The Bertz CT molecular complexity index is 934. The topological polar surface area (TPSA) is 146 Å². The lowest BCUT2D eigenvalue weighted by Crippen LogP contribution is -2.26. The van der Waals surface area contributed by atoms with Gasteiger partial charge < -0.3 is 29.2 Å². The number of aliphatic hydroxyl groups excluding tert-OH is 1. The van der Waals surface area contributed by atoms with Crippen LogP contribution >= 0.6 is 0 Å². The molecule has 1 aromatic rings. The van der Waals surface area contributed by atoms with Crippen molar-refractivity contribution in [1.29, 1.82) is 0 Å². The van der Waals surface area contributed by atoms with Gasteiger partial charge in [-0.25, -0.2) is 0 Å². The molecule has 0 amide bonds. The van der Waals surface area contributed by atoms with Gasteiger partial charge in [-0.3, -0.25) is 19.2 Å². The lowest BCUT2D eigenvalue weighted by Gasteiger charge is -2.20. The number of hydrogen-bond acceptors (Lipinski definition) is 9. The third-order valence-corrected chi connectivity index (χ3v) is 7.62. The molecule has 262 valence electrons. The SMILES string of the molecule is CCC(C)(C)C(=O)O.CCC(C)(C)C(=O)OCCO.CCC(C)(C)C(=O)OCOC.CCC(C)(C)C(=O)OCc1ccccc1. The molecule has 0 radical (unpaired) electrons. The molecule has 0 spiro atoms. The minimum atomic E-state index is -0.722. The van der Waals surface area contributed by atoms with Crippen LogP contribution in [0.25, 0.3) is 0 Å². The number of carboxylic acid groups (broad SMARTS) is 1. The largest absolute Gasteiger partial charge is 0.481 e. The quantitative estimate of drug-likeness (QED) is 0.121. The van der Waals surface area contributed by atoms with E-state index < -0.39 is 22.2 Å². The maximum Gasteiger partial charge on any atom is 0.313 e. The molecule has 0 saturated heterocycles. The molecule has 0 atom stereocenters. The maximum absolute atomic E-state index is 11.6. The van der Waals surface area contributed by atoms with Crippen LogP contribution in [0.5, 0.6) is 0 Å². The van der Waals surface area contributed by atoms with Gasteiger partial charge in [0, 0.05) is 7.11 Å². The number of aliphatic hydroxyl groups is 1. The molecule has 0 fully saturated rings. The third kappa shape index (κ3) is 21.4. The summed E-state index contributed by atoms with van der Waals surface area (Å²) in [4.78, 5) is 44.2. The summed E-state index contributed by atoms with van der Waals surface area (Å²) in [5, 5.41) is 16.8. The summed E-state index contributed by atoms with van der Waals surface area (Å²) in [6.07, 6.45) is 3.00. The second-order valence-electron chi connectivity index (χ2n) is 13.0. The Labute approximate surface area is 272 Å². The first-order valence-corrected chi connectivity index (χ1v) is 15.5. The van der Waals surface area contributed by atoms with Gasteiger partial charge in [0.15, 0.2) is 6.79 Å². The molecule has 0 unspecified atom stereocenters. The van der Waals surface area contributed by atoms with Crippen molar-refractivity contribution in [3.05, 3.63) is 35.9 Å². The molecule has 1 rings (SSSR count). The molecule has 45 heavy (non-hydrogen) atoms. The highest BCUT2D eigenvalue weighted by Crippen LogP contribution is 2.23. The predicted molar refractivity (Wildman–Crippen MR) is 176 cm³/mol. The summed E-state index contributed by atoms with van der Waals surface area (Å²) in [7, 11) is 1.49. The lowest BCUT2D eigenvalue weighted by atomic mass is 9.91. The van der Waals surface area contributed by atoms with E-state index >= 15 is 0 Å². The van der Waals surface area contributed by atoms with Crippen LogP contribution in [0.2, 0.25) is 0 Å². The van der Waals surface area contributed by atoms with E-state index in [4.69, 9.17) is 24.4 Å². The van der Waals surface area contributed by atoms with Crippen LogP contribution in [0.3, 0.4) is 0 Å². The first-order valence-electron chi connectivity index (χ1n) is 15.5. The summed E-state index contributed by atoms with van der Waals surface area (Å²) in [5.41, 5.74) is -0.708. The van der Waals surface area contributed by atoms with Gasteiger partial charge in [-0.15, -0.1) is 0 Å². The number of hydrogen-bond donors (Lipinski definition) is 2. The zero-order valence-electron chi connectivity index (χ0n) is 30.2. The van der Waals surface area contributed by atoms with E-state index in [0.717, 1.165) is 24.8 Å². The number of rotatable bonds is 14. The standard InChI is InChI=1S/C13H18O2.2C8H16O3.C6H12O2/c1-4-13(2,3)12(14)15-10-11-8-6-5-7-9-11;1-5-8(2,3)7(9)11-6-10-4;1-4-8(2,3)7(10)11-6-5-9;1-4-6(2,3)5(7)8/h5-9H,4,10H2,1-3H3;5-6H2,1-4H3;9H,4-6H2,1-3H3;4H2,1-3H3,(H,7,8). The number of aliphatic carboxylic acids is 1. The molecular formula is C35H62O10. The molecule has 10 nitrogen and oxygen atoms in total. The van der Waals surface area contributed by atoms with Gasteiger partial charge in [-0.1, -0.05) is 58.0 Å². The lowest BCUT2D eigenvalue weighted by molar-refractivity contribution is -0.164. The van der Waals surface area contributed by atoms with E-state index in [2.05, 4.69) is 4.74 Å². The Balaban J connectivity index is -0.000000537. The zero-order valence-corrected chi connectivity index (χ0v) is 30.2. The van der Waals surface area contributed by atoms with E-state index in [9.17, 15) is 19.2 Å². The van der Waals surface area contributed by atoms with Crippen LogP contribution < -0.4 is 0 Å². The predicted octanol–water partition coefficient (Wildman–Crippen LogP) is 7.20. The van der Waals surface area contributed by atoms with E-state index in [0.29, 0.717) is 13.0 Å². The van der Waals surface area contributed by atoms with Crippen LogP contribution in [0, 0.1) is 21.7 Å².